The largest absolute Gasteiger partial charge is 0.391 e. The Morgan fingerprint density at radius 2 is 2.00 bits per heavy atom. The topological polar surface area (TPSA) is 127 Å². The molecule has 9 nitrogen and oxygen atoms in total. The molecule has 0 saturated carbocycles. The van der Waals surface area contributed by atoms with Crippen molar-refractivity contribution in [3.05, 3.63) is 35.9 Å². The van der Waals surface area contributed by atoms with E-state index in [1.807, 2.05) is 30.3 Å². The summed E-state index contributed by atoms with van der Waals surface area (Å²) in [6, 6.07) is 8.41. The quantitative estimate of drug-likeness (QED) is 0.504. The Kier molecular flexibility index (Phi) is 7.00. The molecule has 0 spiro atoms. The van der Waals surface area contributed by atoms with Crippen LogP contribution >= 0.6 is 0 Å². The number of hydrogen-bond donors (Lipinski definition) is 4. The van der Waals surface area contributed by atoms with Crippen LogP contribution in [0.5, 0.6) is 0 Å². The van der Waals surface area contributed by atoms with Gasteiger partial charge in [0.15, 0.2) is 12.6 Å². The number of aliphatic hydroxyl groups is 3. The van der Waals surface area contributed by atoms with Gasteiger partial charge in [-0.25, -0.2) is 0 Å². The predicted octanol–water partition coefficient (Wildman–Crippen LogP) is -0.551. The Morgan fingerprint density at radius 1 is 1.29 bits per heavy atom. The lowest BCUT2D eigenvalue weighted by atomic mass is 9.95. The maximum Gasteiger partial charge on any atom is 0.217 e. The fourth-order valence-corrected chi connectivity index (χ4v) is 3.23. The second-order valence-electron chi connectivity index (χ2n) is 7.08. The van der Waals surface area contributed by atoms with Crippen LogP contribution in [0.2, 0.25) is 0 Å². The zero-order valence-corrected chi connectivity index (χ0v) is 15.8. The van der Waals surface area contributed by atoms with Crippen molar-refractivity contribution in [3.63, 3.8) is 0 Å². The van der Waals surface area contributed by atoms with Gasteiger partial charge < -0.3 is 39.6 Å². The molecule has 8 atom stereocenters. The molecular weight excluding hydrogens is 370 g/mol. The Morgan fingerprint density at radius 3 is 2.64 bits per heavy atom. The number of carbonyl (C=O) groups excluding carboxylic acids is 1. The van der Waals surface area contributed by atoms with Crippen LogP contribution in [0.25, 0.3) is 0 Å². The highest BCUT2D eigenvalue weighted by atomic mass is 16.7. The maximum absolute atomic E-state index is 11.6. The van der Waals surface area contributed by atoms with Gasteiger partial charge in [0.2, 0.25) is 5.91 Å². The molecule has 0 radical (unpaired) electrons. The van der Waals surface area contributed by atoms with E-state index in [0.29, 0.717) is 0 Å². The molecule has 2 aliphatic heterocycles. The van der Waals surface area contributed by atoms with Crippen molar-refractivity contribution in [1.82, 2.24) is 5.32 Å². The Labute approximate surface area is 163 Å². The number of rotatable bonds is 6. The summed E-state index contributed by atoms with van der Waals surface area (Å²) in [6.45, 7) is 2.68. The molecule has 0 aliphatic carbocycles. The van der Waals surface area contributed by atoms with E-state index in [1.165, 1.54) is 13.8 Å². The number of benzene rings is 1. The molecule has 0 bridgehead atoms. The monoisotopic (exact) mass is 397 g/mol. The molecule has 1 amide bonds. The molecule has 28 heavy (non-hydrogen) atoms. The van der Waals surface area contributed by atoms with E-state index in [9.17, 15) is 20.1 Å². The second-order valence-corrected chi connectivity index (χ2v) is 7.08. The molecule has 0 unspecified atom stereocenters. The van der Waals surface area contributed by atoms with Crippen LogP contribution in [0.3, 0.4) is 0 Å². The van der Waals surface area contributed by atoms with Crippen molar-refractivity contribution < 1.29 is 39.1 Å². The van der Waals surface area contributed by atoms with E-state index >= 15 is 0 Å². The number of fused-ring (bicyclic) bond motifs is 1. The molecule has 2 heterocycles. The molecule has 156 valence electrons. The van der Waals surface area contributed by atoms with Gasteiger partial charge in [-0.3, -0.25) is 4.79 Å². The summed E-state index contributed by atoms with van der Waals surface area (Å²) in [5.41, 5.74) is 0.808. The Hall–Kier alpha value is -1.59. The zero-order chi connectivity index (χ0) is 20.3. The summed E-state index contributed by atoms with van der Waals surface area (Å²) >= 11 is 0. The summed E-state index contributed by atoms with van der Waals surface area (Å²) in [5, 5.41) is 32.6. The number of hydrogen-bond acceptors (Lipinski definition) is 8. The van der Waals surface area contributed by atoms with Crippen LogP contribution < -0.4 is 5.32 Å². The fourth-order valence-electron chi connectivity index (χ4n) is 3.23. The normalized spacial score (nSPS) is 34.9. The van der Waals surface area contributed by atoms with Crippen molar-refractivity contribution in [2.75, 3.05) is 13.2 Å². The first kappa shape index (κ1) is 21.1. The number of aliphatic hydroxyl groups excluding tert-OH is 3. The van der Waals surface area contributed by atoms with Crippen molar-refractivity contribution >= 4 is 5.91 Å². The lowest BCUT2D eigenvalue weighted by molar-refractivity contribution is -0.346. The van der Waals surface area contributed by atoms with E-state index in [0.717, 1.165) is 5.56 Å². The number of amides is 1. The van der Waals surface area contributed by atoms with Gasteiger partial charge in [-0.05, 0) is 6.92 Å². The first-order valence-electron chi connectivity index (χ1n) is 9.27. The van der Waals surface area contributed by atoms with Gasteiger partial charge in [-0.2, -0.15) is 0 Å². The molecule has 2 saturated heterocycles. The molecule has 1 aromatic rings. The van der Waals surface area contributed by atoms with Crippen LogP contribution in [0.4, 0.5) is 0 Å². The first-order valence-corrected chi connectivity index (χ1v) is 9.27. The molecule has 0 aromatic heterocycles. The zero-order valence-electron chi connectivity index (χ0n) is 15.8. The van der Waals surface area contributed by atoms with E-state index < -0.39 is 49.1 Å². The molecule has 2 aliphatic rings. The first-order chi connectivity index (χ1) is 13.4. The molecule has 2 fully saturated rings. The van der Waals surface area contributed by atoms with Gasteiger partial charge in [-0.1, -0.05) is 30.3 Å². The van der Waals surface area contributed by atoms with E-state index in [-0.39, 0.29) is 19.1 Å². The fraction of sp³-hybridized carbons (Fsp3) is 0.632. The lowest BCUT2D eigenvalue weighted by Gasteiger charge is -2.47. The molecule has 4 N–H and O–H groups in total. The van der Waals surface area contributed by atoms with Gasteiger partial charge >= 0.3 is 0 Å². The van der Waals surface area contributed by atoms with Crippen LogP contribution in [0, 0.1) is 0 Å². The van der Waals surface area contributed by atoms with Crippen LogP contribution in [-0.4, -0.2) is 77.3 Å². The smallest absolute Gasteiger partial charge is 0.217 e. The SMILES string of the molecule is CC(=O)N[C@H]1[C@H](OC[C@H](O)[C@H](C)O)O[C@@H]2CO[C@@H](c3ccccc3)O[C@H]2[C@@H]1O. The van der Waals surface area contributed by atoms with Crippen LogP contribution in [0.1, 0.15) is 25.7 Å². The van der Waals surface area contributed by atoms with Crippen molar-refractivity contribution in [1.29, 1.82) is 0 Å². The molecule has 9 heteroatoms. The molecule has 1 aromatic carbocycles. The summed E-state index contributed by atoms with van der Waals surface area (Å²) in [4.78, 5) is 11.6. The standard InChI is InChI=1S/C19H27NO8/c1-10(21)13(23)8-25-19-15(20-11(2)22)16(24)17-14(27-19)9-26-18(28-17)12-6-4-3-5-7-12/h3-7,10,13-19,21,23-24H,8-9H2,1-2H3,(H,20,22)/t10-,13-,14+,15+,16+,17+,18+,19+/m0/s1. The third-order valence-electron chi connectivity index (χ3n) is 4.80. The van der Waals surface area contributed by atoms with Gasteiger partial charge in [0.1, 0.15) is 30.5 Å². The van der Waals surface area contributed by atoms with E-state index in [1.54, 1.807) is 0 Å². The summed E-state index contributed by atoms with van der Waals surface area (Å²) < 4.78 is 23.0. The summed E-state index contributed by atoms with van der Waals surface area (Å²) in [6.07, 6.45) is -6.29. The summed E-state index contributed by atoms with van der Waals surface area (Å²) in [7, 11) is 0. The number of carbonyl (C=O) groups is 1. The average Bonchev–Trinajstić information content (AvgIpc) is 2.68. The average molecular weight is 397 g/mol. The minimum Gasteiger partial charge on any atom is -0.391 e. The minimum atomic E-state index is -1.13. The number of ether oxygens (including phenoxy) is 4. The highest BCUT2D eigenvalue weighted by molar-refractivity contribution is 5.73. The van der Waals surface area contributed by atoms with Crippen molar-refractivity contribution in [3.8, 4) is 0 Å². The highest BCUT2D eigenvalue weighted by Gasteiger charge is 2.50. The maximum atomic E-state index is 11.6. The Balaban J connectivity index is 1.71. The van der Waals surface area contributed by atoms with Gasteiger partial charge in [-0.15, -0.1) is 0 Å². The van der Waals surface area contributed by atoms with Crippen LogP contribution in [-0.2, 0) is 23.7 Å². The van der Waals surface area contributed by atoms with Gasteiger partial charge in [0.05, 0.1) is 19.3 Å². The van der Waals surface area contributed by atoms with E-state index in [4.69, 9.17) is 18.9 Å². The van der Waals surface area contributed by atoms with E-state index in [2.05, 4.69) is 5.32 Å². The second kappa shape index (κ2) is 9.27. The van der Waals surface area contributed by atoms with Crippen molar-refractivity contribution in [2.45, 2.75) is 63.0 Å². The number of nitrogens with one attached hydrogen (secondary N) is 1. The molecule has 3 rings (SSSR count). The molecular formula is C19H27NO8. The third kappa shape index (κ3) is 4.87. The minimum absolute atomic E-state index is 0.160. The summed E-state index contributed by atoms with van der Waals surface area (Å²) in [5.74, 6) is -0.373. The predicted molar refractivity (Wildman–Crippen MR) is 95.9 cm³/mol. The third-order valence-corrected chi connectivity index (χ3v) is 4.80. The highest BCUT2D eigenvalue weighted by Crippen LogP contribution is 2.34. The lowest BCUT2D eigenvalue weighted by Crippen LogP contribution is -2.66. The Bertz CT molecular complexity index is 642. The van der Waals surface area contributed by atoms with Crippen molar-refractivity contribution in [2.24, 2.45) is 0 Å². The van der Waals surface area contributed by atoms with Gasteiger partial charge in [0, 0.05) is 12.5 Å². The van der Waals surface area contributed by atoms with Gasteiger partial charge in [0.25, 0.3) is 0 Å². The van der Waals surface area contributed by atoms with Crippen LogP contribution in [0.15, 0.2) is 30.3 Å².